The predicted octanol–water partition coefficient (Wildman–Crippen LogP) is 10.6. The molecular formula is C57H70ClN7O7S. The fourth-order valence-corrected chi connectivity index (χ4v) is 12.4. The number of likely N-dealkylation sites (tertiary alicyclic amines) is 1. The van der Waals surface area contributed by atoms with Crippen molar-refractivity contribution in [1.29, 1.82) is 0 Å². The van der Waals surface area contributed by atoms with Crippen LogP contribution in [0.15, 0.2) is 84.2 Å². The standard InChI is InChI=1S/C57H70ClN7O7S/c1-36(59-6)50(66)63-49(37-14-9-8-10-15-37)53(68)65-28-13-18-47(65)52-62-46(35-73-52)42-24-26-48(43-17-12-11-16-41(42)43)71-33-32-70-31-30-69-29-27-61-39-21-19-38(20-22-39)51(67)64-54-56(2,3)55(57(54,4)5)72-40-23-25-45(60-7)44(58)34-40/h11-12,16-17,19-26,34-37,47,49,54-55,59,61H,8-10,13-15,18,27-33H2,1-6H3,(H,63,66)(H,64,67)/t36-,47-,49-,54?,55?/m0/s1. The molecule has 388 valence electrons. The number of anilines is 1. The number of carbonyl (C=O) groups is 3. The first-order valence-corrected chi connectivity index (χ1v) is 27.0. The van der Waals surface area contributed by atoms with Gasteiger partial charge in [0.05, 0.1) is 55.8 Å². The summed E-state index contributed by atoms with van der Waals surface area (Å²) >= 11 is 7.85. The summed E-state index contributed by atoms with van der Waals surface area (Å²) in [6.45, 7) is 20.8. The molecule has 73 heavy (non-hydrogen) atoms. The minimum atomic E-state index is -0.531. The number of carbonyl (C=O) groups excluding carboxylic acids is 3. The number of likely N-dealkylation sites (N-methyl/N-ethyl adjacent to an activating group) is 1. The predicted molar refractivity (Wildman–Crippen MR) is 289 cm³/mol. The molecule has 1 saturated heterocycles. The van der Waals surface area contributed by atoms with Crippen LogP contribution in [0.4, 0.5) is 11.4 Å². The molecular weight excluding hydrogens is 962 g/mol. The van der Waals surface area contributed by atoms with E-state index in [9.17, 15) is 14.4 Å². The first-order chi connectivity index (χ1) is 35.2. The Morgan fingerprint density at radius 3 is 2.30 bits per heavy atom. The number of halogens is 1. The van der Waals surface area contributed by atoms with Crippen LogP contribution in [0.25, 0.3) is 26.9 Å². The molecule has 14 nitrogen and oxygen atoms in total. The van der Waals surface area contributed by atoms with Crippen molar-refractivity contribution < 1.29 is 33.3 Å². The monoisotopic (exact) mass is 1030 g/mol. The zero-order valence-corrected chi connectivity index (χ0v) is 44.5. The fraction of sp³-hybridized carbons (Fsp3) is 0.491. The molecule has 1 aromatic heterocycles. The van der Waals surface area contributed by atoms with Crippen molar-refractivity contribution in [3.8, 4) is 22.8 Å². The van der Waals surface area contributed by atoms with E-state index in [0.29, 0.717) is 68.1 Å². The minimum Gasteiger partial charge on any atom is -0.491 e. The van der Waals surface area contributed by atoms with Gasteiger partial charge in [0.25, 0.3) is 5.91 Å². The van der Waals surface area contributed by atoms with E-state index in [2.05, 4.69) is 77.4 Å². The Morgan fingerprint density at radius 2 is 1.59 bits per heavy atom. The van der Waals surface area contributed by atoms with Crippen LogP contribution in [0.3, 0.4) is 0 Å². The summed E-state index contributed by atoms with van der Waals surface area (Å²) in [5.74, 6) is 1.23. The van der Waals surface area contributed by atoms with Crippen molar-refractivity contribution >= 4 is 62.8 Å². The van der Waals surface area contributed by atoms with Crippen LogP contribution in [0, 0.1) is 23.3 Å². The zero-order chi connectivity index (χ0) is 51.7. The van der Waals surface area contributed by atoms with Crippen LogP contribution >= 0.6 is 22.9 Å². The van der Waals surface area contributed by atoms with Gasteiger partial charge in [-0.05, 0) is 99.5 Å². The van der Waals surface area contributed by atoms with Crippen molar-refractivity contribution in [3.63, 3.8) is 0 Å². The number of ether oxygens (including phenoxy) is 4. The zero-order valence-electron chi connectivity index (χ0n) is 42.9. The SMILES string of the molecule is [C-]#[N+]c1ccc(OC2C(C)(C)C(NC(=O)c3ccc(NCCOCCOCCOc4ccc(-c5csc([C@@H]6CCCN6C(=O)[C@@H](NC(=O)[C@H](C)NC)C6CCCCC6)n5)c5ccccc45)cc3)C2(C)C)cc1Cl. The number of hydrogen-bond donors (Lipinski definition) is 4. The molecule has 4 aromatic carbocycles. The number of rotatable bonds is 22. The second-order valence-corrected chi connectivity index (χ2v) is 22.0. The molecule has 0 bridgehead atoms. The molecule has 2 saturated carbocycles. The van der Waals surface area contributed by atoms with Crippen LogP contribution in [0.1, 0.15) is 101 Å². The molecule has 2 heterocycles. The average Bonchev–Trinajstić information content (AvgIpc) is 4.10. The van der Waals surface area contributed by atoms with E-state index >= 15 is 0 Å². The van der Waals surface area contributed by atoms with Gasteiger partial charge in [0.1, 0.15) is 35.3 Å². The first-order valence-electron chi connectivity index (χ1n) is 25.7. The Balaban J connectivity index is 0.750. The summed E-state index contributed by atoms with van der Waals surface area (Å²) in [5, 5.41) is 18.1. The van der Waals surface area contributed by atoms with E-state index in [1.807, 2.05) is 54.3 Å². The molecule has 16 heteroatoms. The second kappa shape index (κ2) is 24.1. The third-order valence-electron chi connectivity index (χ3n) is 15.0. The van der Waals surface area contributed by atoms with Crippen LogP contribution in [0.5, 0.6) is 11.5 Å². The van der Waals surface area contributed by atoms with Crippen molar-refractivity contribution in [3.05, 3.63) is 111 Å². The third kappa shape index (κ3) is 12.3. The van der Waals surface area contributed by atoms with E-state index in [1.165, 1.54) is 6.42 Å². The number of nitrogens with zero attached hydrogens (tertiary/aromatic N) is 3. The largest absolute Gasteiger partial charge is 0.491 e. The van der Waals surface area contributed by atoms with Gasteiger partial charge in [-0.2, -0.15) is 0 Å². The lowest BCUT2D eigenvalue weighted by molar-refractivity contribution is -0.164. The number of thiazole rings is 1. The molecule has 8 rings (SSSR count). The second-order valence-electron chi connectivity index (χ2n) is 20.7. The Bertz CT molecular complexity index is 2740. The summed E-state index contributed by atoms with van der Waals surface area (Å²) in [5.41, 5.74) is 3.00. The molecule has 0 radical (unpaired) electrons. The van der Waals surface area contributed by atoms with E-state index in [0.717, 1.165) is 77.0 Å². The topological polar surface area (TPSA) is 157 Å². The first kappa shape index (κ1) is 53.5. The fourth-order valence-electron chi connectivity index (χ4n) is 11.3. The van der Waals surface area contributed by atoms with Gasteiger partial charge in [0.2, 0.25) is 17.5 Å². The lowest BCUT2D eigenvalue weighted by atomic mass is 9.49. The van der Waals surface area contributed by atoms with Gasteiger partial charge in [0.15, 0.2) is 0 Å². The number of nitrogens with one attached hydrogen (secondary N) is 4. The molecule has 2 aliphatic carbocycles. The van der Waals surface area contributed by atoms with Gasteiger partial charge in [-0.1, -0.05) is 88.9 Å². The van der Waals surface area contributed by atoms with Crippen LogP contribution in [-0.4, -0.2) is 105 Å². The van der Waals surface area contributed by atoms with Gasteiger partial charge in [-0.3, -0.25) is 14.4 Å². The van der Waals surface area contributed by atoms with Gasteiger partial charge >= 0.3 is 0 Å². The molecule has 0 spiro atoms. The quantitative estimate of drug-likeness (QED) is 0.0389. The maximum absolute atomic E-state index is 14.3. The Hall–Kier alpha value is -5.76. The van der Waals surface area contributed by atoms with E-state index in [4.69, 9.17) is 42.1 Å². The van der Waals surface area contributed by atoms with Crippen molar-refractivity contribution in [1.82, 2.24) is 25.8 Å². The minimum absolute atomic E-state index is 0.0130. The van der Waals surface area contributed by atoms with Gasteiger partial charge in [-0.15, -0.1) is 11.3 Å². The molecule has 3 aliphatic rings. The van der Waals surface area contributed by atoms with Gasteiger partial charge < -0.3 is 45.1 Å². The summed E-state index contributed by atoms with van der Waals surface area (Å²) in [7, 11) is 1.76. The lowest BCUT2D eigenvalue weighted by Gasteiger charge is -2.63. The summed E-state index contributed by atoms with van der Waals surface area (Å²) in [6, 6.07) is 23.6. The maximum atomic E-state index is 14.3. The van der Waals surface area contributed by atoms with Crippen LogP contribution < -0.4 is 30.7 Å². The van der Waals surface area contributed by atoms with E-state index < -0.39 is 6.04 Å². The smallest absolute Gasteiger partial charge is 0.251 e. The Labute approximate surface area is 439 Å². The average molecular weight is 1030 g/mol. The Kier molecular flexibility index (Phi) is 17.6. The molecule has 3 amide bonds. The third-order valence-corrected chi connectivity index (χ3v) is 16.3. The number of amides is 3. The van der Waals surface area contributed by atoms with Crippen LogP contribution in [-0.2, 0) is 19.1 Å². The van der Waals surface area contributed by atoms with E-state index in [1.54, 1.807) is 36.6 Å². The molecule has 0 unspecified atom stereocenters. The highest BCUT2D eigenvalue weighted by Crippen LogP contribution is 2.56. The summed E-state index contributed by atoms with van der Waals surface area (Å²) in [6.07, 6.45) is 6.79. The van der Waals surface area contributed by atoms with Crippen molar-refractivity contribution in [2.24, 2.45) is 16.7 Å². The number of fused-ring (bicyclic) bond motifs is 1. The molecule has 3 atom stereocenters. The molecule has 5 aromatic rings. The van der Waals surface area contributed by atoms with Crippen LogP contribution in [0.2, 0.25) is 5.02 Å². The van der Waals surface area contributed by atoms with E-state index in [-0.39, 0.29) is 58.7 Å². The highest BCUT2D eigenvalue weighted by molar-refractivity contribution is 7.10. The van der Waals surface area contributed by atoms with Gasteiger partial charge in [-0.25, -0.2) is 9.83 Å². The lowest BCUT2D eigenvalue weighted by Crippen LogP contribution is -2.74. The number of hydrogen-bond acceptors (Lipinski definition) is 11. The molecule has 3 fully saturated rings. The highest BCUT2D eigenvalue weighted by atomic mass is 35.5. The normalized spacial score (nSPS) is 20.1. The molecule has 4 N–H and O–H groups in total. The van der Waals surface area contributed by atoms with Crippen molar-refractivity contribution in [2.45, 2.75) is 110 Å². The van der Waals surface area contributed by atoms with Crippen molar-refractivity contribution in [2.75, 3.05) is 58.5 Å². The maximum Gasteiger partial charge on any atom is 0.251 e. The Morgan fingerprint density at radius 1 is 0.877 bits per heavy atom. The molecule has 1 aliphatic heterocycles. The summed E-state index contributed by atoms with van der Waals surface area (Å²) in [4.78, 5) is 51.4. The number of benzene rings is 4. The summed E-state index contributed by atoms with van der Waals surface area (Å²) < 4.78 is 24.3. The number of aromatic nitrogens is 1. The highest BCUT2D eigenvalue weighted by Gasteiger charge is 2.64. The van der Waals surface area contributed by atoms with Gasteiger partial charge in [0, 0.05) is 57.5 Å².